The van der Waals surface area contributed by atoms with Crippen molar-refractivity contribution < 1.29 is 23.9 Å². The number of allylic oxidation sites excluding steroid dienone is 2. The highest BCUT2D eigenvalue weighted by molar-refractivity contribution is 6.25. The normalized spacial score (nSPS) is 13.9. The Morgan fingerprint density at radius 1 is 1.09 bits per heavy atom. The number of carbonyl (C=O) groups excluding carboxylic acids is 3. The minimum absolute atomic E-state index is 0.0730. The first-order valence-corrected chi connectivity index (χ1v) is 7.24. The molecular formula is C17H18O5. The van der Waals surface area contributed by atoms with Gasteiger partial charge < -0.3 is 9.47 Å². The molecule has 5 nitrogen and oxygen atoms in total. The number of ether oxygens (including phenoxy) is 2. The molecule has 1 aliphatic rings. The summed E-state index contributed by atoms with van der Waals surface area (Å²) in [6.45, 7) is 3.46. The van der Waals surface area contributed by atoms with Gasteiger partial charge in [-0.25, -0.2) is 4.79 Å². The highest BCUT2D eigenvalue weighted by Crippen LogP contribution is 2.26. The fraction of sp³-hybridized carbons (Fsp3) is 0.353. The van der Waals surface area contributed by atoms with Crippen LogP contribution in [-0.2, 0) is 14.3 Å². The molecule has 0 fully saturated rings. The molecule has 22 heavy (non-hydrogen) atoms. The Kier molecular flexibility index (Phi) is 5.09. The van der Waals surface area contributed by atoms with Crippen molar-refractivity contribution in [3.05, 3.63) is 46.7 Å². The quantitative estimate of drug-likeness (QED) is 0.597. The third kappa shape index (κ3) is 3.24. The van der Waals surface area contributed by atoms with E-state index in [2.05, 4.69) is 0 Å². The Bertz CT molecular complexity index is 642. The van der Waals surface area contributed by atoms with Gasteiger partial charge in [-0.15, -0.1) is 0 Å². The molecule has 1 aliphatic carbocycles. The molecule has 0 amide bonds. The molecule has 0 heterocycles. The number of esters is 1. The zero-order valence-electron chi connectivity index (χ0n) is 12.7. The van der Waals surface area contributed by atoms with E-state index in [1.54, 1.807) is 24.3 Å². The van der Waals surface area contributed by atoms with Gasteiger partial charge in [0.1, 0.15) is 0 Å². The van der Waals surface area contributed by atoms with Crippen LogP contribution in [-0.4, -0.2) is 30.7 Å². The predicted octanol–water partition coefficient (Wildman–Crippen LogP) is 2.70. The van der Waals surface area contributed by atoms with Crippen LogP contribution in [0.5, 0.6) is 0 Å². The van der Waals surface area contributed by atoms with Crippen LogP contribution < -0.4 is 0 Å². The number of ketones is 2. The first-order valence-electron chi connectivity index (χ1n) is 7.24. The highest BCUT2D eigenvalue weighted by atomic mass is 16.6. The average Bonchev–Trinajstić information content (AvgIpc) is 2.53. The van der Waals surface area contributed by atoms with Crippen LogP contribution in [0.2, 0.25) is 0 Å². The average molecular weight is 302 g/mol. The van der Waals surface area contributed by atoms with Crippen LogP contribution in [0.4, 0.5) is 0 Å². The number of benzene rings is 1. The summed E-state index contributed by atoms with van der Waals surface area (Å²) in [5, 5.41) is 0. The lowest BCUT2D eigenvalue weighted by molar-refractivity contribution is -0.147. The molecule has 116 valence electrons. The Labute approximate surface area is 128 Å². The summed E-state index contributed by atoms with van der Waals surface area (Å²) in [5.41, 5.74) is 0.875. The number of Topliss-reactive ketones (excluding diaryl/α,β-unsaturated/α-hetero) is 2. The van der Waals surface area contributed by atoms with Gasteiger partial charge in [0.05, 0.1) is 6.61 Å². The number of hydrogen-bond acceptors (Lipinski definition) is 5. The van der Waals surface area contributed by atoms with Gasteiger partial charge in [-0.2, -0.15) is 0 Å². The smallest absolute Gasteiger partial charge is 0.344 e. The van der Waals surface area contributed by atoms with Crippen molar-refractivity contribution in [3.63, 3.8) is 0 Å². The molecule has 0 saturated carbocycles. The van der Waals surface area contributed by atoms with Crippen molar-refractivity contribution in [2.75, 3.05) is 13.2 Å². The lowest BCUT2D eigenvalue weighted by Crippen LogP contribution is -2.24. The van der Waals surface area contributed by atoms with E-state index in [9.17, 15) is 14.4 Å². The fourth-order valence-electron chi connectivity index (χ4n) is 2.15. The number of unbranched alkanes of at least 4 members (excludes halogenated alkanes) is 1. The van der Waals surface area contributed by atoms with Crippen LogP contribution in [0, 0.1) is 0 Å². The van der Waals surface area contributed by atoms with Crippen LogP contribution in [0.3, 0.4) is 0 Å². The molecule has 0 atom stereocenters. The van der Waals surface area contributed by atoms with E-state index in [-0.39, 0.29) is 29.5 Å². The molecule has 0 bridgehead atoms. The van der Waals surface area contributed by atoms with Gasteiger partial charge in [0.15, 0.2) is 18.1 Å². The maximum atomic E-state index is 12.4. The molecule has 0 aromatic heterocycles. The summed E-state index contributed by atoms with van der Waals surface area (Å²) < 4.78 is 10.2. The molecule has 0 radical (unpaired) electrons. The minimum atomic E-state index is -0.548. The third-order valence-corrected chi connectivity index (χ3v) is 3.40. The first kappa shape index (κ1) is 15.9. The predicted molar refractivity (Wildman–Crippen MR) is 79.6 cm³/mol. The van der Waals surface area contributed by atoms with Crippen molar-refractivity contribution in [1.29, 1.82) is 0 Å². The number of rotatable bonds is 6. The van der Waals surface area contributed by atoms with E-state index in [0.29, 0.717) is 17.7 Å². The summed E-state index contributed by atoms with van der Waals surface area (Å²) in [5.74, 6) is -1.26. The molecule has 1 aromatic carbocycles. The maximum Gasteiger partial charge on any atom is 0.344 e. The van der Waals surface area contributed by atoms with Crippen LogP contribution >= 0.6 is 0 Å². The van der Waals surface area contributed by atoms with Crippen molar-refractivity contribution in [2.45, 2.75) is 26.7 Å². The van der Waals surface area contributed by atoms with E-state index >= 15 is 0 Å². The second kappa shape index (κ2) is 7.02. The topological polar surface area (TPSA) is 69.7 Å². The van der Waals surface area contributed by atoms with Gasteiger partial charge in [-0.1, -0.05) is 37.6 Å². The van der Waals surface area contributed by atoms with E-state index in [1.165, 1.54) is 6.92 Å². The molecule has 0 unspecified atom stereocenters. The van der Waals surface area contributed by atoms with Gasteiger partial charge in [-0.3, -0.25) is 9.59 Å². The number of hydrogen-bond donors (Lipinski definition) is 0. The maximum absolute atomic E-state index is 12.4. The Morgan fingerprint density at radius 2 is 1.73 bits per heavy atom. The van der Waals surface area contributed by atoms with Crippen molar-refractivity contribution in [3.8, 4) is 0 Å². The second-order valence-electron chi connectivity index (χ2n) is 5.02. The molecular weight excluding hydrogens is 284 g/mol. The number of carbonyl (C=O) groups is 3. The van der Waals surface area contributed by atoms with E-state index in [1.807, 2.05) is 6.92 Å². The van der Waals surface area contributed by atoms with Gasteiger partial charge in [0.25, 0.3) is 0 Å². The Morgan fingerprint density at radius 3 is 2.36 bits per heavy atom. The molecule has 5 heteroatoms. The zero-order valence-corrected chi connectivity index (χ0v) is 12.7. The molecule has 0 aliphatic heterocycles. The summed E-state index contributed by atoms with van der Waals surface area (Å²) in [4.78, 5) is 36.1. The summed E-state index contributed by atoms with van der Waals surface area (Å²) in [7, 11) is 0. The second-order valence-corrected chi connectivity index (χ2v) is 5.02. The van der Waals surface area contributed by atoms with Gasteiger partial charge in [-0.05, 0) is 13.3 Å². The third-order valence-electron chi connectivity index (χ3n) is 3.40. The first-order chi connectivity index (χ1) is 10.6. The highest BCUT2D eigenvalue weighted by Gasteiger charge is 2.31. The molecule has 0 spiro atoms. The monoisotopic (exact) mass is 302 g/mol. The van der Waals surface area contributed by atoms with Gasteiger partial charge in [0, 0.05) is 16.7 Å². The molecule has 2 rings (SSSR count). The fourth-order valence-corrected chi connectivity index (χ4v) is 2.15. The van der Waals surface area contributed by atoms with E-state index in [0.717, 1.165) is 12.8 Å². The summed E-state index contributed by atoms with van der Waals surface area (Å²) in [6.07, 6.45) is 1.69. The van der Waals surface area contributed by atoms with Gasteiger partial charge >= 0.3 is 5.97 Å². The van der Waals surface area contributed by atoms with E-state index in [4.69, 9.17) is 9.47 Å². The van der Waals surface area contributed by atoms with Crippen molar-refractivity contribution >= 4 is 17.5 Å². The van der Waals surface area contributed by atoms with Gasteiger partial charge in [0.2, 0.25) is 5.78 Å². The van der Waals surface area contributed by atoms with E-state index < -0.39 is 5.97 Å². The Balaban J connectivity index is 2.08. The lowest BCUT2D eigenvalue weighted by atomic mass is 9.89. The van der Waals surface area contributed by atoms with Crippen LogP contribution in [0.25, 0.3) is 0 Å². The standard InChI is InChI=1S/C17H18O5/c1-3-4-9-21-14(18)10-22-17-11(2)15(19)12-7-5-6-8-13(12)16(17)20/h5-8H,3-4,9-10H2,1-2H3. The van der Waals surface area contributed by atoms with Crippen molar-refractivity contribution in [2.24, 2.45) is 0 Å². The molecule has 0 N–H and O–H groups in total. The Hall–Kier alpha value is -2.43. The SMILES string of the molecule is CCCCOC(=O)COC1=C(C)C(=O)c2ccccc2C1=O. The minimum Gasteiger partial charge on any atom is -0.477 e. The number of fused-ring (bicyclic) bond motifs is 1. The molecule has 0 saturated heterocycles. The van der Waals surface area contributed by atoms with Crippen LogP contribution in [0.1, 0.15) is 47.4 Å². The van der Waals surface area contributed by atoms with Crippen molar-refractivity contribution in [1.82, 2.24) is 0 Å². The lowest BCUT2D eigenvalue weighted by Gasteiger charge is -2.18. The largest absolute Gasteiger partial charge is 0.477 e. The van der Waals surface area contributed by atoms with Crippen LogP contribution in [0.15, 0.2) is 35.6 Å². The molecule has 1 aromatic rings. The summed E-state index contributed by atoms with van der Waals surface area (Å²) in [6, 6.07) is 6.56. The summed E-state index contributed by atoms with van der Waals surface area (Å²) >= 11 is 0. The zero-order chi connectivity index (χ0) is 16.1.